The lowest BCUT2D eigenvalue weighted by molar-refractivity contribution is -0.133. The van der Waals surface area contributed by atoms with Gasteiger partial charge in [-0.2, -0.15) is 5.10 Å². The zero-order valence-corrected chi connectivity index (χ0v) is 33.0. The van der Waals surface area contributed by atoms with E-state index in [0.29, 0.717) is 24.7 Å². The second-order valence-corrected chi connectivity index (χ2v) is 16.1. The molecule has 0 bridgehead atoms. The molecule has 1 unspecified atom stereocenters. The number of nitrogens with zero attached hydrogens (tertiary/aromatic N) is 8. The quantitative estimate of drug-likeness (QED) is 0.155. The monoisotopic (exact) mass is 783 g/mol. The van der Waals surface area contributed by atoms with Crippen molar-refractivity contribution < 1.29 is 14.3 Å². The lowest BCUT2D eigenvalue weighted by atomic mass is 9.98. The molecule has 14 nitrogen and oxygen atoms in total. The molecule has 4 fully saturated rings. The van der Waals surface area contributed by atoms with Crippen LogP contribution in [-0.4, -0.2) is 124 Å². The number of piperidine rings is 3. The molecule has 6 heterocycles. The molecule has 2 aromatic heterocycles. The van der Waals surface area contributed by atoms with Crippen molar-refractivity contribution in [3.63, 3.8) is 0 Å². The summed E-state index contributed by atoms with van der Waals surface area (Å²) in [5.74, 6) is 1.57. The van der Waals surface area contributed by atoms with Gasteiger partial charge in [0.05, 0.1) is 11.4 Å². The van der Waals surface area contributed by atoms with Crippen molar-refractivity contribution >= 4 is 40.0 Å². The molecule has 4 saturated heterocycles. The van der Waals surface area contributed by atoms with E-state index in [1.165, 1.54) is 18.5 Å². The number of aromatic nitrogens is 4. The minimum absolute atomic E-state index is 0.195. The van der Waals surface area contributed by atoms with Gasteiger partial charge in [-0.3, -0.25) is 19.8 Å². The number of anilines is 3. The van der Waals surface area contributed by atoms with Crippen LogP contribution >= 0.6 is 0 Å². The number of imide groups is 1. The lowest BCUT2D eigenvalue weighted by Gasteiger charge is -2.42. The van der Waals surface area contributed by atoms with E-state index in [9.17, 15) is 9.59 Å². The Morgan fingerprint density at radius 3 is 2.10 bits per heavy atom. The maximum atomic E-state index is 12.1. The zero-order valence-electron chi connectivity index (χ0n) is 33.0. The van der Waals surface area contributed by atoms with E-state index in [2.05, 4.69) is 57.0 Å². The molecule has 1 atom stereocenters. The fourth-order valence-corrected chi connectivity index (χ4v) is 9.07. The molecular formula is C44H53N11O3. The number of likely N-dealkylation sites (tertiary alicyclic amines) is 2. The minimum Gasteiger partial charge on any atom is -0.457 e. The average Bonchev–Trinajstić information content (AvgIpc) is 3.66. The highest BCUT2D eigenvalue weighted by molar-refractivity contribution is 6.01. The van der Waals surface area contributed by atoms with Crippen LogP contribution in [-0.2, 0) is 9.59 Å². The summed E-state index contributed by atoms with van der Waals surface area (Å²) in [6, 6.07) is 26.6. The van der Waals surface area contributed by atoms with Crippen LogP contribution in [0, 0.1) is 0 Å². The van der Waals surface area contributed by atoms with Crippen molar-refractivity contribution in [2.75, 3.05) is 81.4 Å². The molecule has 302 valence electrons. The second-order valence-electron chi connectivity index (χ2n) is 16.1. The highest BCUT2D eigenvalue weighted by Gasteiger charge is 2.31. The summed E-state index contributed by atoms with van der Waals surface area (Å²) in [5.41, 5.74) is 11.1. The van der Waals surface area contributed by atoms with Crippen molar-refractivity contribution in [3.8, 4) is 22.8 Å². The summed E-state index contributed by atoms with van der Waals surface area (Å²) in [5, 5.41) is 11.6. The third kappa shape index (κ3) is 8.50. The Morgan fingerprint density at radius 2 is 1.40 bits per heavy atom. The predicted octanol–water partition coefficient (Wildman–Crippen LogP) is 5.01. The normalized spacial score (nSPS) is 20.7. The van der Waals surface area contributed by atoms with Gasteiger partial charge < -0.3 is 30.5 Å². The van der Waals surface area contributed by atoms with Gasteiger partial charge in [-0.05, 0) is 106 Å². The lowest BCUT2D eigenvalue weighted by Crippen LogP contribution is -2.51. The third-order valence-corrected chi connectivity index (χ3v) is 12.5. The Labute approximate surface area is 339 Å². The highest BCUT2D eigenvalue weighted by Crippen LogP contribution is 2.36. The Bertz CT molecular complexity index is 2170. The van der Waals surface area contributed by atoms with E-state index in [1.807, 2.05) is 66.7 Å². The Balaban J connectivity index is 0.719. The average molecular weight is 784 g/mol. The van der Waals surface area contributed by atoms with Gasteiger partial charge in [-0.1, -0.05) is 18.2 Å². The van der Waals surface area contributed by atoms with Crippen LogP contribution in [0.5, 0.6) is 11.5 Å². The van der Waals surface area contributed by atoms with Crippen molar-refractivity contribution in [2.24, 2.45) is 0 Å². The van der Waals surface area contributed by atoms with E-state index >= 15 is 0 Å². The van der Waals surface area contributed by atoms with Gasteiger partial charge in [0.2, 0.25) is 11.8 Å². The first-order valence-electron chi connectivity index (χ1n) is 20.9. The maximum absolute atomic E-state index is 12.1. The molecule has 58 heavy (non-hydrogen) atoms. The van der Waals surface area contributed by atoms with Crippen molar-refractivity contribution in [1.29, 1.82) is 0 Å². The number of carbonyl (C=O) groups is 2. The van der Waals surface area contributed by atoms with E-state index in [4.69, 9.17) is 15.6 Å². The largest absolute Gasteiger partial charge is 0.457 e. The summed E-state index contributed by atoms with van der Waals surface area (Å²) >= 11 is 0. The number of hydrogen-bond acceptors (Lipinski definition) is 12. The number of para-hydroxylation sites is 1. The van der Waals surface area contributed by atoms with Gasteiger partial charge in [-0.25, -0.2) is 14.6 Å². The molecular weight excluding hydrogens is 731 g/mol. The molecule has 0 aliphatic carbocycles. The zero-order chi connectivity index (χ0) is 39.4. The van der Waals surface area contributed by atoms with Gasteiger partial charge >= 0.3 is 0 Å². The predicted molar refractivity (Wildman–Crippen MR) is 226 cm³/mol. The number of nitrogen functional groups attached to an aromatic ring is 1. The van der Waals surface area contributed by atoms with Crippen LogP contribution < -0.4 is 26.0 Å². The summed E-state index contributed by atoms with van der Waals surface area (Å²) in [6.07, 6.45) is 6.93. The summed E-state index contributed by atoms with van der Waals surface area (Å²) in [6.45, 7) is 10.8. The smallest absolute Gasteiger partial charge is 0.249 e. The van der Waals surface area contributed by atoms with Gasteiger partial charge in [0.1, 0.15) is 35.4 Å². The number of carbonyl (C=O) groups excluding carboxylic acids is 2. The third-order valence-electron chi connectivity index (χ3n) is 12.5. The molecule has 0 saturated carbocycles. The summed E-state index contributed by atoms with van der Waals surface area (Å²) in [7, 11) is 0. The molecule has 0 radical (unpaired) electrons. The number of piperazine rings is 1. The van der Waals surface area contributed by atoms with E-state index in [1.54, 1.807) is 6.33 Å². The van der Waals surface area contributed by atoms with E-state index in [0.717, 1.165) is 118 Å². The SMILES string of the molecule is Nc1ncnc2c1c(-c1ccc(Oc3ccccc3)cc1)nn2C1CCN(C2CCN(CCN3CCN(c4ccc(NC5CCC(=O)NC5=O)cc4)CC3)CC2)CC1. The van der Waals surface area contributed by atoms with Crippen LogP contribution in [0.1, 0.15) is 44.6 Å². The fourth-order valence-electron chi connectivity index (χ4n) is 9.07. The van der Waals surface area contributed by atoms with Gasteiger partial charge in [0.25, 0.3) is 0 Å². The van der Waals surface area contributed by atoms with Crippen LogP contribution in [0.4, 0.5) is 17.2 Å². The first-order valence-corrected chi connectivity index (χ1v) is 20.9. The number of benzene rings is 3. The number of hydrogen-bond donors (Lipinski definition) is 3. The first kappa shape index (κ1) is 38.0. The molecule has 3 aromatic carbocycles. The molecule has 4 aliphatic heterocycles. The second kappa shape index (κ2) is 17.1. The first-order chi connectivity index (χ1) is 28.4. The summed E-state index contributed by atoms with van der Waals surface area (Å²) in [4.78, 5) is 43.0. The van der Waals surface area contributed by atoms with Gasteiger partial charge in [0, 0.05) is 81.8 Å². The molecule has 14 heteroatoms. The number of ether oxygens (including phenoxy) is 1. The number of nitrogens with two attached hydrogens (primary N) is 1. The standard InChI is InChI=1S/C44H53N11O3/c45-42-40-41(31-6-12-37(13-7-31)58-36-4-2-1-3-5-36)50-55(43(40)47-30-46-42)35-18-22-53(23-19-35)34-16-20-51(21-17-34)24-25-52-26-28-54(29-27-52)33-10-8-32(9-11-33)48-38-14-15-39(56)49-44(38)57/h1-13,30,34-35,38,48H,14-29H2,(H2,45,46,47)(H,49,56,57). The van der Waals surface area contributed by atoms with Crippen LogP contribution in [0.3, 0.4) is 0 Å². The number of amides is 2. The van der Waals surface area contributed by atoms with Gasteiger partial charge in [-0.15, -0.1) is 0 Å². The van der Waals surface area contributed by atoms with Crippen LogP contribution in [0.15, 0.2) is 85.2 Å². The molecule has 9 rings (SSSR count). The van der Waals surface area contributed by atoms with Gasteiger partial charge in [0.15, 0.2) is 5.65 Å². The Hall–Kier alpha value is -5.57. The Morgan fingerprint density at radius 1 is 0.724 bits per heavy atom. The summed E-state index contributed by atoms with van der Waals surface area (Å²) < 4.78 is 8.13. The van der Waals surface area contributed by atoms with Crippen molar-refractivity contribution in [3.05, 3.63) is 85.2 Å². The molecule has 5 aromatic rings. The van der Waals surface area contributed by atoms with E-state index in [-0.39, 0.29) is 23.9 Å². The minimum atomic E-state index is -0.366. The molecule has 4 N–H and O–H groups in total. The molecule has 0 spiro atoms. The van der Waals surface area contributed by atoms with Crippen molar-refractivity contribution in [2.45, 2.75) is 56.7 Å². The number of rotatable bonds is 11. The van der Waals surface area contributed by atoms with Crippen LogP contribution in [0.25, 0.3) is 22.3 Å². The van der Waals surface area contributed by atoms with E-state index < -0.39 is 0 Å². The fraction of sp³-hybridized carbons (Fsp3) is 0.432. The number of nitrogens with one attached hydrogen (secondary N) is 2. The molecule has 4 aliphatic rings. The topological polar surface area (TPSA) is 150 Å². The Kier molecular flexibility index (Phi) is 11.2. The number of fused-ring (bicyclic) bond motifs is 1. The van der Waals surface area contributed by atoms with Crippen LogP contribution in [0.2, 0.25) is 0 Å². The van der Waals surface area contributed by atoms with Crippen molar-refractivity contribution in [1.82, 2.24) is 39.8 Å². The highest BCUT2D eigenvalue weighted by atomic mass is 16.5. The maximum Gasteiger partial charge on any atom is 0.249 e. The molecule has 2 amide bonds.